The lowest BCUT2D eigenvalue weighted by Crippen LogP contribution is -2.46. The number of ether oxygens (including phenoxy) is 1. The molecule has 1 amide bonds. The van der Waals surface area contributed by atoms with E-state index in [4.69, 9.17) is 4.74 Å². The predicted molar refractivity (Wildman–Crippen MR) is 120 cm³/mol. The first-order chi connectivity index (χ1) is 14.5. The average molecular weight is 425 g/mol. The molecule has 1 fully saturated rings. The van der Waals surface area contributed by atoms with Crippen LogP contribution < -0.4 is 10.1 Å². The Labute approximate surface area is 181 Å². The molecule has 0 bridgehead atoms. The summed E-state index contributed by atoms with van der Waals surface area (Å²) in [6.07, 6.45) is 2.01. The molecule has 1 N–H and O–H groups in total. The summed E-state index contributed by atoms with van der Waals surface area (Å²) < 4.78 is 5.95. The molecule has 1 aromatic carbocycles. The summed E-state index contributed by atoms with van der Waals surface area (Å²) in [5, 5.41) is 6.11. The van der Waals surface area contributed by atoms with E-state index in [2.05, 4.69) is 34.0 Å². The third-order valence-corrected chi connectivity index (χ3v) is 6.40. The highest BCUT2D eigenvalue weighted by atomic mass is 32.1. The molecule has 158 valence electrons. The maximum absolute atomic E-state index is 12.6. The van der Waals surface area contributed by atoms with Gasteiger partial charge in [0.05, 0.1) is 5.39 Å². The zero-order valence-electron chi connectivity index (χ0n) is 17.7. The fourth-order valence-corrected chi connectivity index (χ4v) is 4.57. The van der Waals surface area contributed by atoms with Crippen molar-refractivity contribution in [3.05, 3.63) is 52.7 Å². The summed E-state index contributed by atoms with van der Waals surface area (Å²) in [6, 6.07) is 10.4. The Bertz CT molecular complexity index is 1010. The molecule has 2 aromatic heterocycles. The van der Waals surface area contributed by atoms with Crippen molar-refractivity contribution in [3.8, 4) is 5.88 Å². The molecule has 0 saturated carbocycles. The number of aryl methyl sites for hydroxylation is 1. The van der Waals surface area contributed by atoms with E-state index in [1.165, 1.54) is 0 Å². The van der Waals surface area contributed by atoms with Gasteiger partial charge < -0.3 is 15.0 Å². The van der Waals surface area contributed by atoms with E-state index in [-0.39, 0.29) is 11.9 Å². The number of carbonyl (C=O) groups is 1. The quantitative estimate of drug-likeness (QED) is 0.643. The molecule has 4 rings (SSSR count). The molecule has 1 saturated heterocycles. The smallest absolute Gasteiger partial charge is 0.251 e. The van der Waals surface area contributed by atoms with Crippen molar-refractivity contribution in [1.82, 2.24) is 20.2 Å². The molecular formula is C23H28N4O2S. The number of fused-ring (bicyclic) bond motifs is 1. The number of benzene rings is 1. The van der Waals surface area contributed by atoms with Crippen LogP contribution in [0.15, 0.2) is 35.7 Å². The number of amides is 1. The van der Waals surface area contributed by atoms with Gasteiger partial charge in [0.15, 0.2) is 0 Å². The zero-order chi connectivity index (χ0) is 21.1. The standard InChI is InChI=1S/C23H28N4O2S/c1-15(2)27-11-8-19(9-12-27)26-21(28)18-6-4-17(5-7-18)14-29-22-20-10-13-30-23(20)25-16(3)24-22/h4-7,10,13,15,19H,8-9,11-12,14H2,1-3H3,(H,26,28). The van der Waals surface area contributed by atoms with Crippen molar-refractivity contribution >= 4 is 27.5 Å². The van der Waals surface area contributed by atoms with Crippen molar-refractivity contribution in [3.63, 3.8) is 0 Å². The monoisotopic (exact) mass is 424 g/mol. The number of hydrogen-bond donors (Lipinski definition) is 1. The van der Waals surface area contributed by atoms with Gasteiger partial charge >= 0.3 is 0 Å². The van der Waals surface area contributed by atoms with Gasteiger partial charge in [-0.25, -0.2) is 4.98 Å². The second-order valence-electron chi connectivity index (χ2n) is 8.08. The maximum atomic E-state index is 12.6. The second kappa shape index (κ2) is 9.10. The van der Waals surface area contributed by atoms with Crippen molar-refractivity contribution in [2.75, 3.05) is 13.1 Å². The Morgan fingerprint density at radius 3 is 2.63 bits per heavy atom. The number of aromatic nitrogens is 2. The van der Waals surface area contributed by atoms with Gasteiger partial charge in [-0.3, -0.25) is 4.79 Å². The van der Waals surface area contributed by atoms with Gasteiger partial charge in [0.2, 0.25) is 5.88 Å². The SMILES string of the molecule is Cc1nc(OCc2ccc(C(=O)NC3CCN(C(C)C)CC3)cc2)c2ccsc2n1. The zero-order valence-corrected chi connectivity index (χ0v) is 18.5. The highest BCUT2D eigenvalue weighted by Gasteiger charge is 2.22. The van der Waals surface area contributed by atoms with Crippen LogP contribution in [-0.2, 0) is 6.61 Å². The molecule has 0 spiro atoms. The largest absolute Gasteiger partial charge is 0.472 e. The van der Waals surface area contributed by atoms with Gasteiger partial charge in [-0.15, -0.1) is 11.3 Å². The first kappa shape index (κ1) is 20.8. The third kappa shape index (κ3) is 4.79. The van der Waals surface area contributed by atoms with Gasteiger partial charge in [0.25, 0.3) is 5.91 Å². The molecule has 0 unspecified atom stereocenters. The van der Waals surface area contributed by atoms with Crippen LogP contribution in [0, 0.1) is 6.92 Å². The van der Waals surface area contributed by atoms with Gasteiger partial charge in [-0.1, -0.05) is 12.1 Å². The van der Waals surface area contributed by atoms with Crippen molar-refractivity contribution < 1.29 is 9.53 Å². The highest BCUT2D eigenvalue weighted by Crippen LogP contribution is 2.27. The van der Waals surface area contributed by atoms with Gasteiger partial charge in [0, 0.05) is 30.7 Å². The third-order valence-electron chi connectivity index (χ3n) is 5.59. The van der Waals surface area contributed by atoms with E-state index < -0.39 is 0 Å². The lowest BCUT2D eigenvalue weighted by Gasteiger charge is -2.34. The maximum Gasteiger partial charge on any atom is 0.251 e. The first-order valence-corrected chi connectivity index (χ1v) is 11.4. The van der Waals surface area contributed by atoms with Crippen LogP contribution in [0.3, 0.4) is 0 Å². The number of thiophene rings is 1. The Morgan fingerprint density at radius 2 is 1.93 bits per heavy atom. The highest BCUT2D eigenvalue weighted by molar-refractivity contribution is 7.16. The van der Waals surface area contributed by atoms with Crippen LogP contribution in [0.2, 0.25) is 0 Å². The molecule has 7 heteroatoms. The van der Waals surface area contributed by atoms with Crippen LogP contribution in [0.1, 0.15) is 48.4 Å². The Kier molecular flexibility index (Phi) is 6.29. The molecule has 0 aliphatic carbocycles. The van der Waals surface area contributed by atoms with Gasteiger partial charge in [-0.2, -0.15) is 4.98 Å². The minimum Gasteiger partial charge on any atom is -0.472 e. The number of piperidine rings is 1. The Morgan fingerprint density at radius 1 is 1.20 bits per heavy atom. The van der Waals surface area contributed by atoms with Crippen LogP contribution in [0.5, 0.6) is 5.88 Å². The van der Waals surface area contributed by atoms with E-state index in [9.17, 15) is 4.79 Å². The fourth-order valence-electron chi connectivity index (χ4n) is 3.77. The van der Waals surface area contributed by atoms with Crippen molar-refractivity contribution in [2.45, 2.75) is 52.3 Å². The molecule has 1 aliphatic heterocycles. The summed E-state index contributed by atoms with van der Waals surface area (Å²) in [6.45, 7) is 8.79. The van der Waals surface area contributed by atoms with Crippen LogP contribution in [0.4, 0.5) is 0 Å². The number of rotatable bonds is 6. The molecule has 0 atom stereocenters. The van der Waals surface area contributed by atoms with E-state index in [1.54, 1.807) is 11.3 Å². The topological polar surface area (TPSA) is 67.3 Å². The summed E-state index contributed by atoms with van der Waals surface area (Å²) in [4.78, 5) is 24.8. The van der Waals surface area contributed by atoms with E-state index in [0.717, 1.165) is 41.7 Å². The van der Waals surface area contributed by atoms with Crippen molar-refractivity contribution in [2.24, 2.45) is 0 Å². The molecule has 1 aliphatic rings. The van der Waals surface area contributed by atoms with Crippen LogP contribution in [0.25, 0.3) is 10.2 Å². The van der Waals surface area contributed by atoms with E-state index in [0.29, 0.717) is 29.9 Å². The average Bonchev–Trinajstić information content (AvgIpc) is 3.21. The second-order valence-corrected chi connectivity index (χ2v) is 8.97. The fraction of sp³-hybridized carbons (Fsp3) is 0.435. The Balaban J connectivity index is 1.32. The lowest BCUT2D eigenvalue weighted by molar-refractivity contribution is 0.0900. The first-order valence-electron chi connectivity index (χ1n) is 10.5. The molecule has 3 aromatic rings. The normalized spacial score (nSPS) is 15.6. The number of nitrogens with one attached hydrogen (secondary N) is 1. The predicted octanol–water partition coefficient (Wildman–Crippen LogP) is 4.18. The lowest BCUT2D eigenvalue weighted by atomic mass is 10.0. The number of likely N-dealkylation sites (tertiary alicyclic amines) is 1. The number of nitrogens with zero attached hydrogens (tertiary/aromatic N) is 3. The number of carbonyl (C=O) groups excluding carboxylic acids is 1. The molecule has 0 radical (unpaired) electrons. The van der Waals surface area contributed by atoms with Gasteiger partial charge in [0.1, 0.15) is 17.3 Å². The summed E-state index contributed by atoms with van der Waals surface area (Å²) in [5.41, 5.74) is 1.68. The van der Waals surface area contributed by atoms with Crippen LogP contribution >= 0.6 is 11.3 Å². The summed E-state index contributed by atoms with van der Waals surface area (Å²) in [5.74, 6) is 1.30. The van der Waals surface area contributed by atoms with Crippen LogP contribution in [-0.4, -0.2) is 45.9 Å². The van der Waals surface area contributed by atoms with Crippen molar-refractivity contribution in [1.29, 1.82) is 0 Å². The summed E-state index contributed by atoms with van der Waals surface area (Å²) in [7, 11) is 0. The molecule has 3 heterocycles. The Hall–Kier alpha value is -2.51. The minimum absolute atomic E-state index is 0.00290. The van der Waals surface area contributed by atoms with E-state index in [1.807, 2.05) is 42.6 Å². The number of hydrogen-bond acceptors (Lipinski definition) is 6. The summed E-state index contributed by atoms with van der Waals surface area (Å²) >= 11 is 1.58. The molecular weight excluding hydrogens is 396 g/mol. The molecule has 6 nitrogen and oxygen atoms in total. The molecule has 30 heavy (non-hydrogen) atoms. The minimum atomic E-state index is -0.00290. The van der Waals surface area contributed by atoms with Gasteiger partial charge in [-0.05, 0) is 62.8 Å². The van der Waals surface area contributed by atoms with E-state index >= 15 is 0 Å².